The summed E-state index contributed by atoms with van der Waals surface area (Å²) in [6.45, 7) is 6.18. The van der Waals surface area contributed by atoms with Crippen molar-refractivity contribution < 1.29 is 5.11 Å². The molecule has 1 atom stereocenters. The van der Waals surface area contributed by atoms with Gasteiger partial charge in [0, 0.05) is 12.0 Å². The molecule has 0 radical (unpaired) electrons. The first-order chi connectivity index (χ1) is 12.9. The fraction of sp³-hybridized carbons (Fsp3) is 0.760. The summed E-state index contributed by atoms with van der Waals surface area (Å²) < 4.78 is 0. The van der Waals surface area contributed by atoms with Crippen molar-refractivity contribution in [3.63, 3.8) is 0 Å². The van der Waals surface area contributed by atoms with Crippen molar-refractivity contribution in [2.24, 2.45) is 5.73 Å². The monoisotopic (exact) mass is 375 g/mol. The van der Waals surface area contributed by atoms with E-state index in [0.29, 0.717) is 6.42 Å². The van der Waals surface area contributed by atoms with Crippen molar-refractivity contribution in [3.05, 3.63) is 35.9 Å². The molecule has 0 aliphatic heterocycles. The largest absolute Gasteiger partial charge is 0.388 e. The van der Waals surface area contributed by atoms with Gasteiger partial charge in [-0.3, -0.25) is 0 Å². The van der Waals surface area contributed by atoms with E-state index in [1.54, 1.807) is 0 Å². The van der Waals surface area contributed by atoms with Crippen LogP contribution in [-0.4, -0.2) is 16.2 Å². The summed E-state index contributed by atoms with van der Waals surface area (Å²) in [5, 5.41) is 11.2. The lowest BCUT2D eigenvalue weighted by Crippen LogP contribution is -2.57. The minimum Gasteiger partial charge on any atom is -0.388 e. The maximum Gasteiger partial charge on any atom is 0.0860 e. The zero-order valence-electron chi connectivity index (χ0n) is 18.3. The number of hydrogen-bond donors (Lipinski definition) is 2. The molecule has 1 rings (SSSR count). The van der Waals surface area contributed by atoms with Gasteiger partial charge in [-0.25, -0.2) is 0 Å². The van der Waals surface area contributed by atoms with Crippen LogP contribution in [0.15, 0.2) is 30.3 Å². The van der Waals surface area contributed by atoms with Crippen LogP contribution in [0.1, 0.15) is 110 Å². The van der Waals surface area contributed by atoms with E-state index in [0.717, 1.165) is 18.4 Å². The van der Waals surface area contributed by atoms with E-state index in [-0.39, 0.29) is 0 Å². The van der Waals surface area contributed by atoms with Crippen LogP contribution in [0.2, 0.25) is 0 Å². The highest BCUT2D eigenvalue weighted by Crippen LogP contribution is 2.30. The summed E-state index contributed by atoms with van der Waals surface area (Å²) in [7, 11) is 0. The van der Waals surface area contributed by atoms with Gasteiger partial charge in [0.1, 0.15) is 0 Å². The average molecular weight is 376 g/mol. The van der Waals surface area contributed by atoms with Gasteiger partial charge >= 0.3 is 0 Å². The minimum absolute atomic E-state index is 0.597. The maximum atomic E-state index is 11.2. The van der Waals surface area contributed by atoms with Crippen LogP contribution >= 0.6 is 0 Å². The Kier molecular flexibility index (Phi) is 11.9. The van der Waals surface area contributed by atoms with Crippen molar-refractivity contribution in [2.75, 3.05) is 0 Å². The lowest BCUT2D eigenvalue weighted by Gasteiger charge is -2.40. The SMILES string of the molecule is CCCCCCCCCCCCCCC(O)(Cc1ccccc1)C(C)(C)N. The standard InChI is InChI=1S/C25H45NO/c1-4-5-6-7-8-9-10-11-12-13-14-18-21-25(27,24(2,3)26)22-23-19-16-15-17-20-23/h15-17,19-20,27H,4-14,18,21-22,26H2,1-3H3. The van der Waals surface area contributed by atoms with E-state index >= 15 is 0 Å². The molecule has 0 aromatic heterocycles. The van der Waals surface area contributed by atoms with Gasteiger partial charge in [-0.05, 0) is 25.8 Å². The number of rotatable bonds is 16. The van der Waals surface area contributed by atoms with Crippen LogP contribution < -0.4 is 5.73 Å². The number of unbranched alkanes of at least 4 members (excludes halogenated alkanes) is 11. The van der Waals surface area contributed by atoms with E-state index < -0.39 is 11.1 Å². The molecule has 2 heteroatoms. The molecular formula is C25H45NO. The highest BCUT2D eigenvalue weighted by Gasteiger charge is 2.39. The van der Waals surface area contributed by atoms with Crippen LogP contribution in [0, 0.1) is 0 Å². The molecule has 0 fully saturated rings. The summed E-state index contributed by atoms with van der Waals surface area (Å²) in [5.74, 6) is 0. The molecule has 27 heavy (non-hydrogen) atoms. The number of benzene rings is 1. The van der Waals surface area contributed by atoms with E-state index in [1.807, 2.05) is 32.0 Å². The first-order valence-corrected chi connectivity index (χ1v) is 11.4. The molecule has 0 bridgehead atoms. The van der Waals surface area contributed by atoms with Gasteiger partial charge in [0.25, 0.3) is 0 Å². The van der Waals surface area contributed by atoms with Gasteiger partial charge in [0.15, 0.2) is 0 Å². The normalized spacial score (nSPS) is 14.3. The predicted molar refractivity (Wildman–Crippen MR) is 119 cm³/mol. The fourth-order valence-corrected chi connectivity index (χ4v) is 3.83. The Morgan fingerprint density at radius 1 is 0.741 bits per heavy atom. The third kappa shape index (κ3) is 10.3. The molecule has 0 aliphatic rings. The van der Waals surface area contributed by atoms with Gasteiger partial charge in [0.05, 0.1) is 5.60 Å². The summed E-state index contributed by atoms with van der Waals surface area (Å²) in [4.78, 5) is 0. The first kappa shape index (κ1) is 24.2. The molecule has 0 saturated carbocycles. The van der Waals surface area contributed by atoms with Crippen molar-refractivity contribution >= 4 is 0 Å². The summed E-state index contributed by atoms with van der Waals surface area (Å²) in [5.41, 5.74) is 6.08. The Balaban J connectivity index is 2.18. The minimum atomic E-state index is -0.840. The summed E-state index contributed by atoms with van der Waals surface area (Å²) in [6, 6.07) is 10.2. The second-order valence-corrected chi connectivity index (χ2v) is 9.05. The highest BCUT2D eigenvalue weighted by molar-refractivity contribution is 5.19. The van der Waals surface area contributed by atoms with E-state index in [4.69, 9.17) is 5.73 Å². The highest BCUT2D eigenvalue weighted by atomic mass is 16.3. The zero-order valence-corrected chi connectivity index (χ0v) is 18.3. The Morgan fingerprint density at radius 3 is 1.63 bits per heavy atom. The Morgan fingerprint density at radius 2 is 1.19 bits per heavy atom. The Hall–Kier alpha value is -0.860. The molecule has 0 spiro atoms. The van der Waals surface area contributed by atoms with Gasteiger partial charge in [-0.15, -0.1) is 0 Å². The van der Waals surface area contributed by atoms with Crippen molar-refractivity contribution in [1.29, 1.82) is 0 Å². The number of aliphatic hydroxyl groups is 1. The molecule has 0 saturated heterocycles. The van der Waals surface area contributed by atoms with Gasteiger partial charge in [-0.1, -0.05) is 114 Å². The molecule has 0 aliphatic carbocycles. The van der Waals surface area contributed by atoms with E-state index in [2.05, 4.69) is 19.1 Å². The number of hydrogen-bond acceptors (Lipinski definition) is 2. The van der Waals surface area contributed by atoms with Crippen LogP contribution in [0.25, 0.3) is 0 Å². The third-order valence-corrected chi connectivity index (χ3v) is 5.98. The number of nitrogens with two attached hydrogens (primary N) is 1. The lowest BCUT2D eigenvalue weighted by molar-refractivity contribution is -0.0306. The third-order valence-electron chi connectivity index (χ3n) is 5.98. The zero-order chi connectivity index (χ0) is 20.0. The predicted octanol–water partition coefficient (Wildman–Crippen LogP) is 6.79. The Bertz CT molecular complexity index is 465. The fourth-order valence-electron chi connectivity index (χ4n) is 3.83. The van der Waals surface area contributed by atoms with Crippen molar-refractivity contribution in [1.82, 2.24) is 0 Å². The molecule has 1 aromatic rings. The van der Waals surface area contributed by atoms with Crippen LogP contribution in [0.3, 0.4) is 0 Å². The smallest absolute Gasteiger partial charge is 0.0860 e. The van der Waals surface area contributed by atoms with Crippen molar-refractivity contribution in [3.8, 4) is 0 Å². The molecular weight excluding hydrogens is 330 g/mol. The van der Waals surface area contributed by atoms with Crippen molar-refractivity contribution in [2.45, 2.75) is 122 Å². The summed E-state index contributed by atoms with van der Waals surface area (Å²) >= 11 is 0. The van der Waals surface area contributed by atoms with Gasteiger partial charge < -0.3 is 10.8 Å². The summed E-state index contributed by atoms with van der Waals surface area (Å²) in [6.07, 6.45) is 17.4. The van der Waals surface area contributed by atoms with E-state index in [9.17, 15) is 5.11 Å². The molecule has 1 aromatic carbocycles. The topological polar surface area (TPSA) is 46.2 Å². The second-order valence-electron chi connectivity index (χ2n) is 9.05. The lowest BCUT2D eigenvalue weighted by atomic mass is 9.75. The molecule has 2 nitrogen and oxygen atoms in total. The van der Waals surface area contributed by atoms with Crippen LogP contribution in [-0.2, 0) is 6.42 Å². The second kappa shape index (κ2) is 13.3. The quantitative estimate of drug-likeness (QED) is 0.312. The van der Waals surface area contributed by atoms with Crippen LogP contribution in [0.5, 0.6) is 0 Å². The molecule has 3 N–H and O–H groups in total. The Labute approximate surface area is 168 Å². The average Bonchev–Trinajstić information content (AvgIpc) is 2.62. The van der Waals surface area contributed by atoms with Gasteiger partial charge in [-0.2, -0.15) is 0 Å². The van der Waals surface area contributed by atoms with Gasteiger partial charge in [0.2, 0.25) is 0 Å². The first-order valence-electron chi connectivity index (χ1n) is 11.4. The van der Waals surface area contributed by atoms with Crippen LogP contribution in [0.4, 0.5) is 0 Å². The molecule has 0 amide bonds. The molecule has 156 valence electrons. The molecule has 1 unspecified atom stereocenters. The molecule has 0 heterocycles. The van der Waals surface area contributed by atoms with E-state index in [1.165, 1.54) is 70.6 Å². The maximum absolute atomic E-state index is 11.2.